The fraction of sp³-hybridized carbons (Fsp3) is 0.885. The number of amides is 2. The van der Waals surface area contributed by atoms with Crippen LogP contribution < -0.4 is 0 Å². The zero-order chi connectivity index (χ0) is 25.5. The van der Waals surface area contributed by atoms with E-state index in [4.69, 9.17) is 9.47 Å². The molecule has 0 bridgehead atoms. The van der Waals surface area contributed by atoms with Crippen LogP contribution in [-0.2, 0) is 23.9 Å². The van der Waals surface area contributed by atoms with E-state index in [1.54, 1.807) is 26.0 Å². The Bertz CT molecular complexity index is 653. The van der Waals surface area contributed by atoms with Gasteiger partial charge in [-0.25, -0.2) is 0 Å². The minimum atomic E-state index is -0.409. The molecule has 7 nitrogen and oxygen atoms in total. The van der Waals surface area contributed by atoms with E-state index in [0.717, 1.165) is 19.3 Å². The van der Waals surface area contributed by atoms with Crippen molar-refractivity contribution in [3.63, 3.8) is 0 Å². The van der Waals surface area contributed by atoms with Crippen LogP contribution in [0.2, 0.25) is 0 Å². The van der Waals surface area contributed by atoms with Crippen LogP contribution in [0.15, 0.2) is 0 Å². The molecule has 1 heterocycles. The Morgan fingerprint density at radius 2 is 1.64 bits per heavy atom. The van der Waals surface area contributed by atoms with E-state index in [2.05, 4.69) is 13.8 Å². The van der Waals surface area contributed by atoms with Gasteiger partial charge < -0.3 is 19.3 Å². The number of nitrogens with zero attached hydrogens (tertiary/aromatic N) is 2. The summed E-state index contributed by atoms with van der Waals surface area (Å²) in [7, 11) is 5.07. The van der Waals surface area contributed by atoms with Gasteiger partial charge in [0.15, 0.2) is 0 Å². The highest BCUT2D eigenvalue weighted by atomic mass is 16.5. The molecule has 1 aliphatic heterocycles. The van der Waals surface area contributed by atoms with Gasteiger partial charge in [-0.1, -0.05) is 48.0 Å². The predicted molar refractivity (Wildman–Crippen MR) is 131 cm³/mol. The molecule has 1 fully saturated rings. The Morgan fingerprint density at radius 3 is 2.09 bits per heavy atom. The summed E-state index contributed by atoms with van der Waals surface area (Å²) in [5.41, 5.74) is 0. The van der Waals surface area contributed by atoms with Crippen LogP contribution in [0.1, 0.15) is 74.1 Å². The van der Waals surface area contributed by atoms with Gasteiger partial charge in [0.2, 0.25) is 11.8 Å². The van der Waals surface area contributed by atoms with E-state index >= 15 is 0 Å². The van der Waals surface area contributed by atoms with Crippen molar-refractivity contribution in [3.8, 4) is 0 Å². The SMILES string of the molecule is CCC(C)[C@@H]([C@@H](CC(=O)N1CCC[C@H]1[C@H](OC)[C@@H](C)C(C)=O)OC)N(C)C(=O)[C@@H](C)C(C)C. The summed E-state index contributed by atoms with van der Waals surface area (Å²) in [6.07, 6.45) is 2.04. The second-order valence-corrected chi connectivity index (χ2v) is 10.2. The van der Waals surface area contributed by atoms with Crippen molar-refractivity contribution in [3.05, 3.63) is 0 Å². The van der Waals surface area contributed by atoms with E-state index in [1.807, 2.05) is 39.6 Å². The molecule has 0 N–H and O–H groups in total. The molecular formula is C26H48N2O5. The molecule has 7 atom stereocenters. The smallest absolute Gasteiger partial charge is 0.225 e. The molecule has 0 aromatic carbocycles. The van der Waals surface area contributed by atoms with Crippen LogP contribution in [0.25, 0.3) is 0 Å². The highest BCUT2D eigenvalue weighted by molar-refractivity contribution is 5.81. The highest BCUT2D eigenvalue weighted by Gasteiger charge is 2.41. The number of carbonyl (C=O) groups excluding carboxylic acids is 3. The topological polar surface area (TPSA) is 76.2 Å². The molecule has 0 aliphatic carbocycles. The summed E-state index contributed by atoms with van der Waals surface area (Å²) in [4.78, 5) is 42.3. The van der Waals surface area contributed by atoms with Crippen LogP contribution in [0.5, 0.6) is 0 Å². The third kappa shape index (κ3) is 7.25. The lowest BCUT2D eigenvalue weighted by Gasteiger charge is -2.40. The molecule has 0 aromatic rings. The molecule has 192 valence electrons. The molecule has 1 unspecified atom stereocenters. The maximum atomic E-state index is 13.5. The Hall–Kier alpha value is -1.47. The van der Waals surface area contributed by atoms with Crippen molar-refractivity contribution in [1.29, 1.82) is 0 Å². The molecule has 1 saturated heterocycles. The van der Waals surface area contributed by atoms with E-state index in [0.29, 0.717) is 6.54 Å². The van der Waals surface area contributed by atoms with E-state index < -0.39 is 6.10 Å². The van der Waals surface area contributed by atoms with Gasteiger partial charge in [-0.15, -0.1) is 0 Å². The Kier molecular flexibility index (Phi) is 12.0. The molecule has 1 aliphatic rings. The molecule has 33 heavy (non-hydrogen) atoms. The standard InChI is InChI=1S/C26H48N2O5/c1-11-17(4)24(27(8)26(31)18(5)16(2)3)22(32-9)15-23(30)28-14-12-13-21(28)25(33-10)19(6)20(7)29/h16-19,21-22,24-25H,11-15H2,1-10H3/t17?,18-,19-,21-,22+,24-,25+/m0/s1. The minimum Gasteiger partial charge on any atom is -0.379 e. The summed E-state index contributed by atoms with van der Waals surface area (Å²) in [6.45, 7) is 14.4. The van der Waals surface area contributed by atoms with Crippen LogP contribution in [0.3, 0.4) is 0 Å². The average molecular weight is 469 g/mol. The van der Waals surface area contributed by atoms with Crippen LogP contribution in [0.4, 0.5) is 0 Å². The summed E-state index contributed by atoms with van der Waals surface area (Å²) in [6, 6.07) is -0.325. The predicted octanol–water partition coefficient (Wildman–Crippen LogP) is 3.79. The number of Topliss-reactive ketones (excluding diaryl/α,β-unsaturated/α-hetero) is 1. The van der Waals surface area contributed by atoms with Crippen LogP contribution in [0, 0.1) is 23.7 Å². The lowest BCUT2D eigenvalue weighted by Crippen LogP contribution is -2.53. The molecule has 1 rings (SSSR count). The number of likely N-dealkylation sites (tertiary alicyclic amines) is 1. The van der Waals surface area contributed by atoms with Gasteiger partial charge in [-0.05, 0) is 31.6 Å². The maximum absolute atomic E-state index is 13.5. The monoisotopic (exact) mass is 468 g/mol. The highest BCUT2D eigenvalue weighted by Crippen LogP contribution is 2.29. The van der Waals surface area contributed by atoms with Crippen molar-refractivity contribution >= 4 is 17.6 Å². The first-order chi connectivity index (χ1) is 15.4. The molecule has 2 amide bonds. The third-order valence-corrected chi connectivity index (χ3v) is 7.88. The maximum Gasteiger partial charge on any atom is 0.225 e. The van der Waals surface area contributed by atoms with Crippen molar-refractivity contribution in [1.82, 2.24) is 9.80 Å². The van der Waals surface area contributed by atoms with Gasteiger partial charge in [0.05, 0.1) is 30.7 Å². The molecule has 0 radical (unpaired) electrons. The second-order valence-electron chi connectivity index (χ2n) is 10.2. The molecule has 0 aromatic heterocycles. The molecule has 0 saturated carbocycles. The fourth-order valence-corrected chi connectivity index (χ4v) is 4.99. The number of ether oxygens (including phenoxy) is 2. The second kappa shape index (κ2) is 13.4. The quantitative estimate of drug-likeness (QED) is 0.411. The van der Waals surface area contributed by atoms with Crippen LogP contribution >= 0.6 is 0 Å². The van der Waals surface area contributed by atoms with Crippen LogP contribution in [-0.4, -0.2) is 79.5 Å². The number of hydrogen-bond acceptors (Lipinski definition) is 5. The van der Waals surface area contributed by atoms with E-state index in [1.165, 1.54) is 0 Å². The van der Waals surface area contributed by atoms with Gasteiger partial charge in [-0.2, -0.15) is 0 Å². The number of ketones is 1. The largest absolute Gasteiger partial charge is 0.379 e. The van der Waals surface area contributed by atoms with Crippen molar-refractivity contribution in [2.24, 2.45) is 23.7 Å². The molecule has 0 spiro atoms. The first-order valence-corrected chi connectivity index (χ1v) is 12.5. The summed E-state index contributed by atoms with van der Waals surface area (Å²) >= 11 is 0. The summed E-state index contributed by atoms with van der Waals surface area (Å²) in [5.74, 6) is 0.169. The van der Waals surface area contributed by atoms with E-state index in [9.17, 15) is 14.4 Å². The van der Waals surface area contributed by atoms with E-state index in [-0.39, 0.29) is 65.9 Å². The first kappa shape index (κ1) is 29.6. The zero-order valence-corrected chi connectivity index (χ0v) is 22.6. The summed E-state index contributed by atoms with van der Waals surface area (Å²) in [5, 5.41) is 0. The summed E-state index contributed by atoms with van der Waals surface area (Å²) < 4.78 is 11.5. The van der Waals surface area contributed by atoms with Gasteiger partial charge in [0, 0.05) is 39.6 Å². The number of methoxy groups -OCH3 is 2. The van der Waals surface area contributed by atoms with Gasteiger partial charge in [0.1, 0.15) is 5.78 Å². The zero-order valence-electron chi connectivity index (χ0n) is 22.6. The Labute approximate surface area is 201 Å². The van der Waals surface area contributed by atoms with Gasteiger partial charge >= 0.3 is 0 Å². The number of carbonyl (C=O) groups is 3. The van der Waals surface area contributed by atoms with Crippen molar-refractivity contribution < 1.29 is 23.9 Å². The van der Waals surface area contributed by atoms with Crippen molar-refractivity contribution in [2.75, 3.05) is 27.8 Å². The number of likely N-dealkylation sites (N-methyl/N-ethyl adjacent to an activating group) is 1. The lowest BCUT2D eigenvalue weighted by atomic mass is 9.88. The van der Waals surface area contributed by atoms with Gasteiger partial charge in [0.25, 0.3) is 0 Å². The minimum absolute atomic E-state index is 0.00629. The van der Waals surface area contributed by atoms with Crippen molar-refractivity contribution in [2.45, 2.75) is 98.4 Å². The first-order valence-electron chi connectivity index (χ1n) is 12.5. The molecular weight excluding hydrogens is 420 g/mol. The third-order valence-electron chi connectivity index (χ3n) is 7.88. The fourth-order valence-electron chi connectivity index (χ4n) is 4.99. The Balaban J connectivity index is 3.11. The number of rotatable bonds is 13. The normalized spacial score (nSPS) is 21.9. The average Bonchev–Trinajstić information content (AvgIpc) is 3.26. The Morgan fingerprint density at radius 1 is 1.03 bits per heavy atom. The lowest BCUT2D eigenvalue weighted by molar-refractivity contribution is -0.147. The molecule has 7 heteroatoms. The van der Waals surface area contributed by atoms with Gasteiger partial charge in [-0.3, -0.25) is 14.4 Å². The number of hydrogen-bond donors (Lipinski definition) is 0.